The third kappa shape index (κ3) is 6.68. The zero-order valence-corrected chi connectivity index (χ0v) is 21.5. The summed E-state index contributed by atoms with van der Waals surface area (Å²) in [5.74, 6) is -2.04. The zero-order chi connectivity index (χ0) is 27.9. The molecule has 10 heteroatoms. The smallest absolute Gasteiger partial charge is 0.336 e. The molecule has 0 radical (unpaired) electrons. The summed E-state index contributed by atoms with van der Waals surface area (Å²) >= 11 is 1.30. The van der Waals surface area contributed by atoms with E-state index < -0.39 is 22.0 Å². The summed E-state index contributed by atoms with van der Waals surface area (Å²) in [6.45, 7) is 1.69. The quantitative estimate of drug-likeness (QED) is 0.128. The highest BCUT2D eigenvalue weighted by Gasteiger charge is 2.23. The molecule has 0 aliphatic rings. The van der Waals surface area contributed by atoms with Crippen LogP contribution in [0, 0.1) is 17.0 Å². The van der Waals surface area contributed by atoms with Crippen molar-refractivity contribution >= 4 is 46.6 Å². The molecule has 4 aromatic carbocycles. The van der Waals surface area contributed by atoms with Crippen molar-refractivity contribution in [1.29, 1.82) is 0 Å². The lowest BCUT2D eigenvalue weighted by Gasteiger charge is -2.18. The molecule has 2 amide bonds. The molecule has 0 fully saturated rings. The number of nitrogens with zero attached hydrogens (tertiary/aromatic N) is 1. The lowest BCUT2D eigenvalue weighted by Crippen LogP contribution is -2.19. The number of hydrogen-bond acceptors (Lipinski definition) is 6. The van der Waals surface area contributed by atoms with Crippen LogP contribution in [-0.2, 0) is 4.79 Å². The maximum Gasteiger partial charge on any atom is 0.336 e. The molecule has 39 heavy (non-hydrogen) atoms. The van der Waals surface area contributed by atoms with Gasteiger partial charge >= 0.3 is 5.97 Å². The van der Waals surface area contributed by atoms with Crippen LogP contribution in [0.1, 0.15) is 37.1 Å². The lowest BCUT2D eigenvalue weighted by atomic mass is 10.1. The number of nitro groups is 1. The van der Waals surface area contributed by atoms with Crippen molar-refractivity contribution in [3.05, 3.63) is 129 Å². The molecule has 0 heterocycles. The number of aromatic carboxylic acids is 1. The number of carboxylic acid groups (broad SMARTS) is 1. The van der Waals surface area contributed by atoms with E-state index in [9.17, 15) is 29.6 Å². The Morgan fingerprint density at radius 3 is 2.10 bits per heavy atom. The van der Waals surface area contributed by atoms with Gasteiger partial charge in [0.2, 0.25) is 5.91 Å². The Balaban J connectivity index is 1.51. The van der Waals surface area contributed by atoms with Crippen molar-refractivity contribution in [2.75, 3.05) is 10.6 Å². The number of benzene rings is 4. The van der Waals surface area contributed by atoms with Gasteiger partial charge in [-0.1, -0.05) is 42.5 Å². The Hall–Kier alpha value is -4.96. The van der Waals surface area contributed by atoms with Crippen LogP contribution in [0.3, 0.4) is 0 Å². The Bertz CT molecular complexity index is 1540. The Kier molecular flexibility index (Phi) is 8.37. The molecule has 0 saturated carbocycles. The van der Waals surface area contributed by atoms with Crippen molar-refractivity contribution in [2.45, 2.75) is 17.1 Å². The fraction of sp³-hybridized carbons (Fsp3) is 0.0690. The number of thioether (sulfide) groups is 1. The van der Waals surface area contributed by atoms with Gasteiger partial charge < -0.3 is 15.7 Å². The highest BCUT2D eigenvalue weighted by molar-refractivity contribution is 8.00. The SMILES string of the molecule is Cc1cc([N+](=O)[O-])ccc1NC(=O)C(Sc1ccc(NC(=O)c2ccccc2C(=O)O)cc1)c1ccccc1. The van der Waals surface area contributed by atoms with E-state index >= 15 is 0 Å². The minimum Gasteiger partial charge on any atom is -0.478 e. The van der Waals surface area contributed by atoms with Gasteiger partial charge in [-0.05, 0) is 60.5 Å². The maximum atomic E-state index is 13.4. The Morgan fingerprint density at radius 1 is 0.846 bits per heavy atom. The fourth-order valence-electron chi connectivity index (χ4n) is 3.82. The van der Waals surface area contributed by atoms with Crippen LogP contribution >= 0.6 is 11.8 Å². The van der Waals surface area contributed by atoms with E-state index in [-0.39, 0.29) is 22.7 Å². The monoisotopic (exact) mass is 541 g/mol. The first kappa shape index (κ1) is 27.1. The molecule has 4 aromatic rings. The molecule has 0 aliphatic carbocycles. The van der Waals surface area contributed by atoms with Crippen LogP contribution in [0.5, 0.6) is 0 Å². The topological polar surface area (TPSA) is 139 Å². The first-order valence-electron chi connectivity index (χ1n) is 11.7. The molecule has 196 valence electrons. The van der Waals surface area contributed by atoms with Gasteiger partial charge in [0, 0.05) is 28.4 Å². The van der Waals surface area contributed by atoms with E-state index in [1.807, 2.05) is 30.3 Å². The summed E-state index contributed by atoms with van der Waals surface area (Å²) in [5, 5.41) is 25.3. The highest BCUT2D eigenvalue weighted by Crippen LogP contribution is 2.37. The summed E-state index contributed by atoms with van der Waals surface area (Å²) in [4.78, 5) is 48.8. The third-order valence-corrected chi connectivity index (χ3v) is 7.05. The number of carbonyl (C=O) groups is 3. The maximum absolute atomic E-state index is 13.4. The van der Waals surface area contributed by atoms with E-state index in [4.69, 9.17) is 0 Å². The van der Waals surface area contributed by atoms with Gasteiger partial charge in [0.1, 0.15) is 5.25 Å². The van der Waals surface area contributed by atoms with Gasteiger partial charge in [-0.15, -0.1) is 11.8 Å². The number of nitro benzene ring substituents is 1. The number of non-ortho nitro benzene ring substituents is 1. The van der Waals surface area contributed by atoms with Crippen molar-refractivity contribution in [3.8, 4) is 0 Å². The second-order valence-corrected chi connectivity index (χ2v) is 9.66. The van der Waals surface area contributed by atoms with Gasteiger partial charge in [0.05, 0.1) is 16.1 Å². The van der Waals surface area contributed by atoms with Crippen LogP contribution in [0.25, 0.3) is 0 Å². The molecule has 1 unspecified atom stereocenters. The Morgan fingerprint density at radius 2 is 1.49 bits per heavy atom. The van der Waals surface area contributed by atoms with Crippen molar-refractivity contribution in [2.24, 2.45) is 0 Å². The van der Waals surface area contributed by atoms with E-state index in [0.717, 1.165) is 10.5 Å². The number of carboxylic acids is 1. The fourth-order valence-corrected chi connectivity index (χ4v) is 4.84. The first-order valence-corrected chi connectivity index (χ1v) is 12.6. The van der Waals surface area contributed by atoms with E-state index in [2.05, 4.69) is 10.6 Å². The van der Waals surface area contributed by atoms with E-state index in [1.165, 1.54) is 42.1 Å². The van der Waals surface area contributed by atoms with Gasteiger partial charge in [-0.2, -0.15) is 0 Å². The minimum atomic E-state index is -1.19. The molecule has 0 saturated heterocycles. The summed E-state index contributed by atoms with van der Waals surface area (Å²) in [6.07, 6.45) is 0. The number of hydrogen-bond donors (Lipinski definition) is 3. The molecule has 0 aromatic heterocycles. The average molecular weight is 542 g/mol. The number of rotatable bonds is 9. The number of aryl methyl sites for hydroxylation is 1. The van der Waals surface area contributed by atoms with Gasteiger partial charge in [0.25, 0.3) is 11.6 Å². The highest BCUT2D eigenvalue weighted by atomic mass is 32.2. The first-order chi connectivity index (χ1) is 18.7. The number of anilines is 2. The number of nitrogens with one attached hydrogen (secondary N) is 2. The molecule has 1 atom stereocenters. The molecule has 0 spiro atoms. The number of carbonyl (C=O) groups excluding carboxylic acids is 2. The van der Waals surface area contributed by atoms with Gasteiger partial charge in [0.15, 0.2) is 0 Å². The largest absolute Gasteiger partial charge is 0.478 e. The second kappa shape index (κ2) is 12.1. The zero-order valence-electron chi connectivity index (χ0n) is 20.7. The number of amides is 2. The van der Waals surface area contributed by atoms with Crippen LogP contribution < -0.4 is 10.6 Å². The van der Waals surface area contributed by atoms with Crippen molar-refractivity contribution < 1.29 is 24.4 Å². The normalized spacial score (nSPS) is 11.3. The van der Waals surface area contributed by atoms with Crippen LogP contribution in [0.2, 0.25) is 0 Å². The van der Waals surface area contributed by atoms with Crippen molar-refractivity contribution in [1.82, 2.24) is 0 Å². The van der Waals surface area contributed by atoms with E-state index in [0.29, 0.717) is 16.9 Å². The summed E-state index contributed by atoms with van der Waals surface area (Å²) in [5.41, 5.74) is 2.17. The summed E-state index contributed by atoms with van der Waals surface area (Å²) < 4.78 is 0. The molecular formula is C29H23N3O6S. The van der Waals surface area contributed by atoms with Gasteiger partial charge in [-0.3, -0.25) is 19.7 Å². The molecule has 4 rings (SSSR count). The minimum absolute atomic E-state index is 0.0470. The lowest BCUT2D eigenvalue weighted by molar-refractivity contribution is -0.384. The third-order valence-electron chi connectivity index (χ3n) is 5.79. The van der Waals surface area contributed by atoms with Crippen LogP contribution in [-0.4, -0.2) is 27.8 Å². The summed E-state index contributed by atoms with van der Waals surface area (Å²) in [6, 6.07) is 26.3. The van der Waals surface area contributed by atoms with Crippen LogP contribution in [0.4, 0.5) is 17.1 Å². The second-order valence-electron chi connectivity index (χ2n) is 8.48. The predicted octanol–water partition coefficient (Wildman–Crippen LogP) is 6.33. The standard InChI is InChI=1S/C29H23N3O6S/c1-18-17-21(32(37)38)13-16-25(18)31-28(34)26(19-7-3-2-4-8-19)39-22-14-11-20(12-15-22)30-27(33)23-9-5-6-10-24(23)29(35)36/h2-17,26H,1H3,(H,30,33)(H,31,34)(H,35,36). The molecular weight excluding hydrogens is 518 g/mol. The molecule has 0 bridgehead atoms. The van der Waals surface area contributed by atoms with Crippen LogP contribution in [0.15, 0.2) is 102 Å². The average Bonchev–Trinajstić information content (AvgIpc) is 2.94. The molecule has 9 nitrogen and oxygen atoms in total. The predicted molar refractivity (Wildman–Crippen MR) is 149 cm³/mol. The molecule has 0 aliphatic heterocycles. The van der Waals surface area contributed by atoms with E-state index in [1.54, 1.807) is 43.3 Å². The molecule has 3 N–H and O–H groups in total. The van der Waals surface area contributed by atoms with Crippen molar-refractivity contribution in [3.63, 3.8) is 0 Å². The summed E-state index contributed by atoms with van der Waals surface area (Å²) in [7, 11) is 0. The Labute approximate surface area is 228 Å². The van der Waals surface area contributed by atoms with Gasteiger partial charge in [-0.25, -0.2) is 4.79 Å².